The maximum absolute atomic E-state index is 11.7. The molecule has 0 spiro atoms. The highest BCUT2D eigenvalue weighted by Gasteiger charge is 2.23. The smallest absolute Gasteiger partial charge is 0.264 e. The lowest BCUT2D eigenvalue weighted by atomic mass is 10.1. The van der Waals surface area contributed by atoms with Gasteiger partial charge in [0, 0.05) is 13.6 Å². The lowest BCUT2D eigenvalue weighted by Gasteiger charge is -2.28. The van der Waals surface area contributed by atoms with Gasteiger partial charge in [0.2, 0.25) is 0 Å². The zero-order chi connectivity index (χ0) is 16.1. The van der Waals surface area contributed by atoms with Gasteiger partial charge in [-0.1, -0.05) is 19.9 Å². The molecule has 1 amide bonds. The average molecular weight is 306 g/mol. The Morgan fingerprint density at radius 1 is 1.32 bits per heavy atom. The van der Waals surface area contributed by atoms with Crippen LogP contribution in [-0.2, 0) is 4.79 Å². The maximum atomic E-state index is 11.7. The first kappa shape index (κ1) is 16.8. The third kappa shape index (κ3) is 3.78. The third-order valence-corrected chi connectivity index (χ3v) is 3.97. The van der Waals surface area contributed by atoms with E-state index in [1.165, 1.54) is 0 Å². The summed E-state index contributed by atoms with van der Waals surface area (Å²) in [4.78, 5) is 15.6. The van der Waals surface area contributed by atoms with E-state index in [1.54, 1.807) is 11.9 Å². The van der Waals surface area contributed by atoms with Crippen LogP contribution in [0.1, 0.15) is 38.4 Å². The fraction of sp³-hybridized carbons (Fsp3) is 0.588. The molecular formula is C17H26N2O3. The van der Waals surface area contributed by atoms with Crippen LogP contribution in [-0.4, -0.2) is 49.2 Å². The van der Waals surface area contributed by atoms with Crippen LogP contribution in [0.3, 0.4) is 0 Å². The van der Waals surface area contributed by atoms with Gasteiger partial charge in [0.15, 0.2) is 6.61 Å². The van der Waals surface area contributed by atoms with Gasteiger partial charge in [-0.25, -0.2) is 0 Å². The van der Waals surface area contributed by atoms with Crippen molar-refractivity contribution >= 4 is 11.6 Å². The summed E-state index contributed by atoms with van der Waals surface area (Å²) in [5, 5.41) is 10.5. The van der Waals surface area contributed by atoms with Crippen molar-refractivity contribution in [3.63, 3.8) is 0 Å². The molecule has 0 saturated heterocycles. The third-order valence-electron chi connectivity index (χ3n) is 3.97. The second kappa shape index (κ2) is 7.61. The molecule has 1 atom stereocenters. The first-order chi connectivity index (χ1) is 10.6. The molecule has 5 heteroatoms. The van der Waals surface area contributed by atoms with Gasteiger partial charge in [-0.3, -0.25) is 4.79 Å². The fourth-order valence-corrected chi connectivity index (χ4v) is 2.77. The summed E-state index contributed by atoms with van der Waals surface area (Å²) < 4.78 is 5.42. The molecule has 1 unspecified atom stereocenters. The summed E-state index contributed by atoms with van der Waals surface area (Å²) in [5.41, 5.74) is 1.55. The van der Waals surface area contributed by atoms with Crippen molar-refractivity contribution in [2.24, 2.45) is 0 Å². The Kier molecular flexibility index (Phi) is 5.80. The quantitative estimate of drug-likeness (QED) is 0.839. The van der Waals surface area contributed by atoms with Crippen molar-refractivity contribution in [2.45, 2.75) is 32.8 Å². The van der Waals surface area contributed by atoms with E-state index in [1.807, 2.05) is 18.2 Å². The Morgan fingerprint density at radius 3 is 2.64 bits per heavy atom. The molecule has 0 fully saturated rings. The van der Waals surface area contributed by atoms with Crippen LogP contribution in [0, 0.1) is 0 Å². The van der Waals surface area contributed by atoms with Gasteiger partial charge in [0.25, 0.3) is 5.91 Å². The molecule has 1 aliphatic heterocycles. The predicted octanol–water partition coefficient (Wildman–Crippen LogP) is 2.20. The topological polar surface area (TPSA) is 53.0 Å². The van der Waals surface area contributed by atoms with Crippen molar-refractivity contribution in [3.8, 4) is 5.75 Å². The molecule has 1 N–H and O–H groups in total. The van der Waals surface area contributed by atoms with Crippen LogP contribution in [0.5, 0.6) is 5.75 Å². The Labute approximate surface area is 132 Å². The highest BCUT2D eigenvalue weighted by atomic mass is 16.5. The molecule has 122 valence electrons. The van der Waals surface area contributed by atoms with Gasteiger partial charge in [-0.15, -0.1) is 0 Å². The second-order valence-corrected chi connectivity index (χ2v) is 5.78. The van der Waals surface area contributed by atoms with Gasteiger partial charge < -0.3 is 19.6 Å². The van der Waals surface area contributed by atoms with Crippen LogP contribution in [0.2, 0.25) is 0 Å². The molecule has 5 nitrogen and oxygen atoms in total. The highest BCUT2D eigenvalue weighted by Crippen LogP contribution is 2.33. The van der Waals surface area contributed by atoms with Gasteiger partial charge >= 0.3 is 0 Å². The van der Waals surface area contributed by atoms with E-state index in [0.717, 1.165) is 37.2 Å². The van der Waals surface area contributed by atoms with Crippen molar-refractivity contribution in [1.82, 2.24) is 4.90 Å². The molecule has 1 heterocycles. The SMILES string of the molecule is CCCN(CCC)CC(O)c1ccc2c(c1)N(C)C(=O)CO2. The first-order valence-electron chi connectivity index (χ1n) is 8.00. The van der Waals surface area contributed by atoms with E-state index >= 15 is 0 Å². The van der Waals surface area contributed by atoms with E-state index < -0.39 is 6.10 Å². The van der Waals surface area contributed by atoms with Crippen LogP contribution < -0.4 is 9.64 Å². The van der Waals surface area contributed by atoms with Crippen LogP contribution in [0.25, 0.3) is 0 Å². The number of fused-ring (bicyclic) bond motifs is 1. The summed E-state index contributed by atoms with van der Waals surface area (Å²) in [5.74, 6) is 0.620. The minimum absolute atomic E-state index is 0.0715. The first-order valence-corrected chi connectivity index (χ1v) is 8.00. The molecule has 0 bridgehead atoms. The standard InChI is InChI=1S/C17H26N2O3/c1-4-8-19(9-5-2)11-15(20)13-6-7-16-14(10-13)18(3)17(21)12-22-16/h6-7,10,15,20H,4-5,8-9,11-12H2,1-3H3. The Bertz CT molecular complexity index is 513. The van der Waals surface area contributed by atoms with E-state index in [0.29, 0.717) is 12.3 Å². The number of aliphatic hydroxyl groups excluding tert-OH is 1. The van der Waals surface area contributed by atoms with Crippen LogP contribution in [0.4, 0.5) is 5.69 Å². The molecule has 0 aliphatic carbocycles. The number of aliphatic hydroxyl groups is 1. The molecule has 1 aliphatic rings. The largest absolute Gasteiger partial charge is 0.482 e. The number of ether oxygens (including phenoxy) is 1. The van der Waals surface area contributed by atoms with Crippen molar-refractivity contribution in [1.29, 1.82) is 0 Å². The van der Waals surface area contributed by atoms with Gasteiger partial charge in [-0.2, -0.15) is 0 Å². The number of rotatable bonds is 7. The minimum Gasteiger partial charge on any atom is -0.482 e. The number of amides is 1. The van der Waals surface area contributed by atoms with Gasteiger partial charge in [0.05, 0.1) is 11.8 Å². The summed E-state index contributed by atoms with van der Waals surface area (Å²) in [7, 11) is 1.74. The van der Waals surface area contributed by atoms with Crippen LogP contribution >= 0.6 is 0 Å². The normalized spacial score (nSPS) is 15.7. The zero-order valence-electron chi connectivity index (χ0n) is 13.7. The Hall–Kier alpha value is -1.59. The average Bonchev–Trinajstić information content (AvgIpc) is 2.51. The maximum Gasteiger partial charge on any atom is 0.264 e. The summed E-state index contributed by atoms with van der Waals surface area (Å²) in [6, 6.07) is 5.57. The Morgan fingerprint density at radius 2 is 2.00 bits per heavy atom. The number of hydrogen-bond donors (Lipinski definition) is 1. The van der Waals surface area contributed by atoms with Crippen molar-refractivity contribution in [2.75, 3.05) is 38.2 Å². The second-order valence-electron chi connectivity index (χ2n) is 5.78. The Balaban J connectivity index is 2.13. The number of anilines is 1. The van der Waals surface area contributed by atoms with E-state index in [-0.39, 0.29) is 12.5 Å². The number of nitrogens with zero attached hydrogens (tertiary/aromatic N) is 2. The monoisotopic (exact) mass is 306 g/mol. The number of carbonyl (C=O) groups excluding carboxylic acids is 1. The highest BCUT2D eigenvalue weighted by molar-refractivity contribution is 5.97. The minimum atomic E-state index is -0.561. The lowest BCUT2D eigenvalue weighted by molar-refractivity contribution is -0.120. The molecule has 2 rings (SSSR count). The summed E-state index contributed by atoms with van der Waals surface area (Å²) in [6.45, 7) is 6.94. The van der Waals surface area contributed by atoms with E-state index in [9.17, 15) is 9.90 Å². The molecule has 22 heavy (non-hydrogen) atoms. The van der Waals surface area contributed by atoms with Crippen molar-refractivity contribution in [3.05, 3.63) is 23.8 Å². The number of likely N-dealkylation sites (N-methyl/N-ethyl adjacent to an activating group) is 1. The van der Waals surface area contributed by atoms with Crippen LogP contribution in [0.15, 0.2) is 18.2 Å². The number of benzene rings is 1. The summed E-state index contributed by atoms with van der Waals surface area (Å²) in [6.07, 6.45) is 1.58. The predicted molar refractivity (Wildman–Crippen MR) is 87.3 cm³/mol. The zero-order valence-corrected chi connectivity index (χ0v) is 13.7. The van der Waals surface area contributed by atoms with E-state index in [4.69, 9.17) is 4.74 Å². The molecular weight excluding hydrogens is 280 g/mol. The van der Waals surface area contributed by atoms with Gasteiger partial charge in [-0.05, 0) is 43.6 Å². The fourth-order valence-electron chi connectivity index (χ4n) is 2.77. The molecule has 1 aromatic carbocycles. The van der Waals surface area contributed by atoms with Gasteiger partial charge in [0.1, 0.15) is 5.75 Å². The summed E-state index contributed by atoms with van der Waals surface area (Å²) >= 11 is 0. The lowest BCUT2D eigenvalue weighted by Crippen LogP contribution is -2.35. The number of hydrogen-bond acceptors (Lipinski definition) is 4. The van der Waals surface area contributed by atoms with E-state index in [2.05, 4.69) is 18.7 Å². The molecule has 0 radical (unpaired) electrons. The number of carbonyl (C=O) groups is 1. The molecule has 1 aromatic rings. The molecule has 0 saturated carbocycles. The van der Waals surface area contributed by atoms with Crippen molar-refractivity contribution < 1.29 is 14.6 Å². The molecule has 0 aromatic heterocycles.